The minimum atomic E-state index is -5.05. The van der Waals surface area contributed by atoms with Gasteiger partial charge in [0, 0.05) is 6.54 Å². The van der Waals surface area contributed by atoms with Crippen LogP contribution < -0.4 is 0 Å². The molecule has 0 amide bonds. The van der Waals surface area contributed by atoms with E-state index in [2.05, 4.69) is 0 Å². The fourth-order valence-electron chi connectivity index (χ4n) is 1.28. The smallest absolute Gasteiger partial charge is 0.448 e. The molecule has 1 heterocycles. The first-order chi connectivity index (χ1) is 5.81. The van der Waals surface area contributed by atoms with E-state index >= 15 is 0 Å². The summed E-state index contributed by atoms with van der Waals surface area (Å²) in [6.45, 7) is -5.04. The molecule has 0 bridgehead atoms. The molecular formula is C5H10BF3NO2S-. The summed E-state index contributed by atoms with van der Waals surface area (Å²) in [6, 6.07) is 0. The van der Waals surface area contributed by atoms with Gasteiger partial charge in [-0.2, -0.15) is 0 Å². The average molecular weight is 216 g/mol. The lowest BCUT2D eigenvalue weighted by molar-refractivity contribution is 0.365. The van der Waals surface area contributed by atoms with Crippen LogP contribution >= 0.6 is 0 Å². The number of hydrogen-bond donors (Lipinski definition) is 0. The van der Waals surface area contributed by atoms with Gasteiger partial charge >= 0.3 is 6.98 Å². The Labute approximate surface area is 75.0 Å². The van der Waals surface area contributed by atoms with Gasteiger partial charge in [-0.25, -0.2) is 12.7 Å². The number of rotatable bonds is 2. The van der Waals surface area contributed by atoms with Crippen molar-refractivity contribution in [3.63, 3.8) is 0 Å². The normalized spacial score (nSPS) is 24.5. The first-order valence-electron chi connectivity index (χ1n) is 4.00. The summed E-state index contributed by atoms with van der Waals surface area (Å²) in [4.78, 5) is 0. The quantitative estimate of drug-likeness (QED) is 0.640. The molecule has 1 aliphatic heterocycles. The van der Waals surface area contributed by atoms with E-state index < -0.39 is 23.4 Å². The predicted octanol–water partition coefficient (Wildman–Crippen LogP) is 0.799. The first-order valence-corrected chi connectivity index (χ1v) is 5.61. The van der Waals surface area contributed by atoms with E-state index in [4.69, 9.17) is 0 Å². The van der Waals surface area contributed by atoms with E-state index in [-0.39, 0.29) is 12.3 Å². The molecule has 0 aromatic carbocycles. The van der Waals surface area contributed by atoms with Crippen LogP contribution in [0.3, 0.4) is 0 Å². The maximum absolute atomic E-state index is 11.9. The van der Waals surface area contributed by atoms with Gasteiger partial charge in [0.15, 0.2) is 0 Å². The van der Waals surface area contributed by atoms with E-state index in [1.165, 1.54) is 0 Å². The SMILES string of the molecule is O=S1(=O)CCCCN1C[B-](F)(F)F. The van der Waals surface area contributed by atoms with Crippen molar-refractivity contribution in [1.29, 1.82) is 0 Å². The van der Waals surface area contributed by atoms with Crippen LogP contribution in [0.2, 0.25) is 0 Å². The van der Waals surface area contributed by atoms with Crippen LogP contribution in [0.25, 0.3) is 0 Å². The van der Waals surface area contributed by atoms with Gasteiger partial charge in [0.25, 0.3) is 0 Å². The summed E-state index contributed by atoms with van der Waals surface area (Å²) in [5.74, 6) is -0.154. The predicted molar refractivity (Wildman–Crippen MR) is 43.7 cm³/mol. The molecule has 1 saturated heterocycles. The molecule has 0 atom stereocenters. The number of halogens is 3. The molecule has 1 rings (SSSR count). The summed E-state index contributed by atoms with van der Waals surface area (Å²) in [5, 5.41) is 0. The van der Waals surface area contributed by atoms with Gasteiger partial charge in [0.1, 0.15) is 0 Å². The van der Waals surface area contributed by atoms with Gasteiger partial charge in [0.2, 0.25) is 10.0 Å². The fourth-order valence-corrected chi connectivity index (χ4v) is 2.91. The lowest BCUT2D eigenvalue weighted by Gasteiger charge is -2.30. The van der Waals surface area contributed by atoms with Crippen LogP contribution in [-0.4, -0.2) is 38.4 Å². The molecule has 0 spiro atoms. The van der Waals surface area contributed by atoms with Crippen LogP contribution in [-0.2, 0) is 10.0 Å². The molecule has 13 heavy (non-hydrogen) atoms. The van der Waals surface area contributed by atoms with Gasteiger partial charge < -0.3 is 12.9 Å². The van der Waals surface area contributed by atoms with Gasteiger partial charge in [-0.05, 0) is 19.3 Å². The topological polar surface area (TPSA) is 37.4 Å². The van der Waals surface area contributed by atoms with E-state index in [1.54, 1.807) is 0 Å². The Morgan fingerprint density at radius 1 is 1.23 bits per heavy atom. The van der Waals surface area contributed by atoms with Crippen molar-refractivity contribution in [3.05, 3.63) is 0 Å². The number of sulfonamides is 1. The molecule has 0 aliphatic carbocycles. The van der Waals surface area contributed by atoms with E-state index in [9.17, 15) is 21.4 Å². The summed E-state index contributed by atoms with van der Waals surface area (Å²) in [6.07, 6.45) is -0.308. The fraction of sp³-hybridized carbons (Fsp3) is 1.00. The Hall–Kier alpha value is -0.235. The van der Waals surface area contributed by atoms with Crippen LogP contribution in [0.5, 0.6) is 0 Å². The lowest BCUT2D eigenvalue weighted by atomic mass is 9.92. The zero-order valence-corrected chi connectivity index (χ0v) is 7.74. The van der Waals surface area contributed by atoms with Crippen molar-refractivity contribution < 1.29 is 21.4 Å². The summed E-state index contributed by atoms with van der Waals surface area (Å²) in [7, 11) is -3.63. The second-order valence-electron chi connectivity index (χ2n) is 3.09. The highest BCUT2D eigenvalue weighted by molar-refractivity contribution is 7.89. The second-order valence-corrected chi connectivity index (χ2v) is 5.18. The largest absolute Gasteiger partial charge is 0.493 e. The molecule has 0 N–H and O–H groups in total. The first kappa shape index (κ1) is 10.8. The lowest BCUT2D eigenvalue weighted by Crippen LogP contribution is -2.45. The second kappa shape index (κ2) is 3.49. The summed E-state index contributed by atoms with van der Waals surface area (Å²) in [5.41, 5.74) is 0. The summed E-state index contributed by atoms with van der Waals surface area (Å²) < 4.78 is 58.5. The van der Waals surface area contributed by atoms with Gasteiger partial charge in [-0.15, -0.1) is 0 Å². The van der Waals surface area contributed by atoms with Crippen LogP contribution in [0.15, 0.2) is 0 Å². The van der Waals surface area contributed by atoms with Crippen molar-refractivity contribution in [3.8, 4) is 0 Å². The highest BCUT2D eigenvalue weighted by Crippen LogP contribution is 2.18. The third-order valence-electron chi connectivity index (χ3n) is 1.86. The maximum Gasteiger partial charge on any atom is 0.493 e. The highest BCUT2D eigenvalue weighted by Gasteiger charge is 2.33. The molecule has 0 unspecified atom stereocenters. The molecule has 0 aromatic rings. The van der Waals surface area contributed by atoms with Crippen LogP contribution in [0.1, 0.15) is 12.8 Å². The Bertz CT molecular complexity index is 276. The highest BCUT2D eigenvalue weighted by atomic mass is 32.2. The molecule has 0 aromatic heterocycles. The third-order valence-corrected chi connectivity index (χ3v) is 3.79. The Kier molecular flexibility index (Phi) is 2.91. The molecule has 1 aliphatic rings. The molecule has 78 valence electrons. The van der Waals surface area contributed by atoms with Crippen molar-refractivity contribution in [1.82, 2.24) is 4.31 Å². The monoisotopic (exact) mass is 216 g/mol. The zero-order valence-electron chi connectivity index (χ0n) is 6.92. The third kappa shape index (κ3) is 3.19. The Morgan fingerprint density at radius 2 is 1.85 bits per heavy atom. The van der Waals surface area contributed by atoms with Gasteiger partial charge in [-0.1, -0.05) is 0 Å². The van der Waals surface area contributed by atoms with E-state index in [0.717, 1.165) is 0 Å². The minimum Gasteiger partial charge on any atom is -0.448 e. The van der Waals surface area contributed by atoms with Gasteiger partial charge in [0.05, 0.1) is 5.75 Å². The summed E-state index contributed by atoms with van der Waals surface area (Å²) >= 11 is 0. The van der Waals surface area contributed by atoms with E-state index in [1.807, 2.05) is 0 Å². The van der Waals surface area contributed by atoms with Crippen LogP contribution in [0, 0.1) is 0 Å². The molecule has 1 fully saturated rings. The number of nitrogens with zero attached hydrogens (tertiary/aromatic N) is 1. The standard InChI is InChI=1S/C5H10BF3NO2S/c7-6(8,9)5-10-3-1-2-4-13(10,11)12/h1-5H2/q-1. The molecule has 3 nitrogen and oxygen atoms in total. The molecule has 8 heteroatoms. The minimum absolute atomic E-state index is 0.00356. The molecule has 0 saturated carbocycles. The Morgan fingerprint density at radius 3 is 2.31 bits per heavy atom. The van der Waals surface area contributed by atoms with Crippen molar-refractivity contribution >= 4 is 17.0 Å². The van der Waals surface area contributed by atoms with Crippen molar-refractivity contribution in [2.24, 2.45) is 0 Å². The van der Waals surface area contributed by atoms with E-state index in [0.29, 0.717) is 17.1 Å². The maximum atomic E-state index is 11.9. The van der Waals surface area contributed by atoms with Gasteiger partial charge in [-0.3, -0.25) is 0 Å². The van der Waals surface area contributed by atoms with Crippen molar-refractivity contribution in [2.45, 2.75) is 12.8 Å². The van der Waals surface area contributed by atoms with Crippen molar-refractivity contribution in [2.75, 3.05) is 18.7 Å². The zero-order chi connectivity index (χ0) is 10.1. The van der Waals surface area contributed by atoms with Crippen LogP contribution in [0.4, 0.5) is 12.9 Å². The molecule has 0 radical (unpaired) electrons. The molecular weight excluding hydrogens is 206 g/mol. The number of hydrogen-bond acceptors (Lipinski definition) is 2. The Balaban J connectivity index is 2.68. The average Bonchev–Trinajstić information content (AvgIpc) is 1.91.